The van der Waals surface area contributed by atoms with Gasteiger partial charge in [0, 0.05) is 29.1 Å². The summed E-state index contributed by atoms with van der Waals surface area (Å²) in [7, 11) is 0. The molecule has 4 aromatic heterocycles. The van der Waals surface area contributed by atoms with Crippen molar-refractivity contribution in [3.05, 3.63) is 78.8 Å². The lowest BCUT2D eigenvalue weighted by atomic mass is 10.00. The standard InChI is InChI=1S/C27H19N7O/c35-24-8-7-15-3-1-4-16(9-15)19-5-2-6-21-25(19)32-27(31-21)26-20-11-22(29-14-23(20)33-34-26)17-10-18(30-24)13-28-12-17/h1-6,9-14H,7-8H2,(H,30,35)(H,31,32)(H,33,34). The highest BCUT2D eigenvalue weighted by atomic mass is 16.1. The van der Waals surface area contributed by atoms with Gasteiger partial charge in [0.25, 0.3) is 0 Å². The molecular weight excluding hydrogens is 438 g/mol. The van der Waals surface area contributed by atoms with Crippen LogP contribution in [0.4, 0.5) is 5.69 Å². The van der Waals surface area contributed by atoms with Crippen LogP contribution in [-0.2, 0) is 11.2 Å². The SMILES string of the molecule is O=C1CCc2cccc(c2)-c2cccc3[nH]c(nc23)-c2n[nH]c3cnc(cc23)-c2cncc(c2)N1. The topological polar surface area (TPSA) is 112 Å². The van der Waals surface area contributed by atoms with Crippen molar-refractivity contribution in [2.45, 2.75) is 12.8 Å². The third-order valence-corrected chi connectivity index (χ3v) is 6.38. The summed E-state index contributed by atoms with van der Waals surface area (Å²) in [6, 6.07) is 18.2. The van der Waals surface area contributed by atoms with Gasteiger partial charge in [0.1, 0.15) is 5.69 Å². The molecule has 2 aromatic carbocycles. The van der Waals surface area contributed by atoms with E-state index in [0.717, 1.165) is 55.6 Å². The summed E-state index contributed by atoms with van der Waals surface area (Å²) in [6.45, 7) is 0. The molecule has 0 radical (unpaired) electrons. The van der Waals surface area contributed by atoms with Crippen molar-refractivity contribution in [3.63, 3.8) is 0 Å². The molecule has 0 fully saturated rings. The van der Waals surface area contributed by atoms with Crippen molar-refractivity contribution >= 4 is 33.5 Å². The minimum Gasteiger partial charge on any atom is -0.337 e. The molecule has 3 N–H and O–H groups in total. The lowest BCUT2D eigenvalue weighted by molar-refractivity contribution is -0.116. The molecule has 168 valence electrons. The second-order valence-electron chi connectivity index (χ2n) is 8.69. The summed E-state index contributed by atoms with van der Waals surface area (Å²) < 4.78 is 0. The first kappa shape index (κ1) is 19.6. The molecule has 5 heterocycles. The van der Waals surface area contributed by atoms with Gasteiger partial charge in [0.15, 0.2) is 5.82 Å². The van der Waals surface area contributed by atoms with Gasteiger partial charge in [-0.05, 0) is 35.7 Å². The maximum Gasteiger partial charge on any atom is 0.224 e. The van der Waals surface area contributed by atoms with Gasteiger partial charge in [-0.15, -0.1) is 0 Å². The van der Waals surface area contributed by atoms with E-state index in [1.54, 1.807) is 18.6 Å². The van der Waals surface area contributed by atoms with Gasteiger partial charge in [-0.25, -0.2) is 4.98 Å². The molecule has 8 bridgehead atoms. The molecule has 6 aromatic rings. The van der Waals surface area contributed by atoms with Crippen LogP contribution >= 0.6 is 0 Å². The molecule has 8 heteroatoms. The van der Waals surface area contributed by atoms with E-state index in [4.69, 9.17) is 4.98 Å². The molecule has 7 rings (SSSR count). The van der Waals surface area contributed by atoms with E-state index < -0.39 is 0 Å². The highest BCUT2D eigenvalue weighted by molar-refractivity contribution is 5.98. The maximum atomic E-state index is 12.7. The highest BCUT2D eigenvalue weighted by Crippen LogP contribution is 2.33. The smallest absolute Gasteiger partial charge is 0.224 e. The number of nitrogens with one attached hydrogen (secondary N) is 3. The van der Waals surface area contributed by atoms with Gasteiger partial charge in [0.2, 0.25) is 5.91 Å². The van der Waals surface area contributed by atoms with Crippen molar-refractivity contribution in [3.8, 4) is 33.9 Å². The van der Waals surface area contributed by atoms with Crippen molar-refractivity contribution in [2.24, 2.45) is 0 Å². The van der Waals surface area contributed by atoms with E-state index in [1.807, 2.05) is 36.4 Å². The second-order valence-corrected chi connectivity index (χ2v) is 8.69. The Balaban J connectivity index is 1.48. The van der Waals surface area contributed by atoms with Crippen LogP contribution in [-0.4, -0.2) is 36.0 Å². The van der Waals surface area contributed by atoms with E-state index in [-0.39, 0.29) is 5.91 Å². The van der Waals surface area contributed by atoms with Gasteiger partial charge in [-0.3, -0.25) is 19.9 Å². The first-order valence-corrected chi connectivity index (χ1v) is 11.4. The number of carbonyl (C=O) groups is 1. The number of hydrogen-bond donors (Lipinski definition) is 3. The van der Waals surface area contributed by atoms with E-state index >= 15 is 0 Å². The van der Waals surface area contributed by atoms with E-state index in [0.29, 0.717) is 24.4 Å². The van der Waals surface area contributed by atoms with E-state index in [1.165, 1.54) is 0 Å². The van der Waals surface area contributed by atoms with Gasteiger partial charge in [-0.1, -0.05) is 36.4 Å². The fraction of sp³-hybridized carbons (Fsp3) is 0.0741. The van der Waals surface area contributed by atoms with Crippen molar-refractivity contribution in [2.75, 3.05) is 5.32 Å². The Morgan fingerprint density at radius 1 is 0.857 bits per heavy atom. The minimum absolute atomic E-state index is 0.0601. The van der Waals surface area contributed by atoms with Gasteiger partial charge >= 0.3 is 0 Å². The lowest BCUT2D eigenvalue weighted by Crippen LogP contribution is -2.12. The highest BCUT2D eigenvalue weighted by Gasteiger charge is 2.17. The predicted octanol–water partition coefficient (Wildman–Crippen LogP) is 5.11. The maximum absolute atomic E-state index is 12.7. The van der Waals surface area contributed by atoms with Crippen molar-refractivity contribution in [1.82, 2.24) is 30.1 Å². The van der Waals surface area contributed by atoms with Crippen LogP contribution in [0.25, 0.3) is 55.8 Å². The summed E-state index contributed by atoms with van der Waals surface area (Å²) in [5, 5.41) is 11.5. The largest absolute Gasteiger partial charge is 0.337 e. The Kier molecular flexibility index (Phi) is 4.25. The average molecular weight is 457 g/mol. The first-order chi connectivity index (χ1) is 17.2. The average Bonchev–Trinajstić information content (AvgIpc) is 3.51. The van der Waals surface area contributed by atoms with Crippen molar-refractivity contribution in [1.29, 1.82) is 0 Å². The number of benzene rings is 2. The molecule has 1 amide bonds. The summed E-state index contributed by atoms with van der Waals surface area (Å²) in [4.78, 5) is 30.0. The predicted molar refractivity (Wildman–Crippen MR) is 135 cm³/mol. The quantitative estimate of drug-likeness (QED) is 0.293. The summed E-state index contributed by atoms with van der Waals surface area (Å²) in [5.74, 6) is 0.627. The Bertz CT molecular complexity index is 1760. The normalized spacial score (nSPS) is 13.2. The van der Waals surface area contributed by atoms with Crippen LogP contribution in [0, 0.1) is 0 Å². The minimum atomic E-state index is -0.0601. The number of hydrogen-bond acceptors (Lipinski definition) is 5. The molecule has 0 unspecified atom stereocenters. The molecule has 1 aliphatic rings. The number of H-pyrrole nitrogens is 2. The van der Waals surface area contributed by atoms with Gasteiger partial charge in [-0.2, -0.15) is 5.10 Å². The zero-order valence-corrected chi connectivity index (χ0v) is 18.5. The number of aryl methyl sites for hydroxylation is 1. The number of aromatic nitrogens is 6. The molecule has 1 aliphatic heterocycles. The molecule has 0 atom stereocenters. The second kappa shape index (κ2) is 7.59. The number of rotatable bonds is 0. The number of imidazole rings is 1. The molecule has 0 spiro atoms. The number of aromatic amines is 2. The molecule has 0 aliphatic carbocycles. The Morgan fingerprint density at radius 3 is 2.77 bits per heavy atom. The fourth-order valence-electron chi connectivity index (χ4n) is 4.66. The lowest BCUT2D eigenvalue weighted by Gasteiger charge is -2.09. The number of pyridine rings is 2. The fourth-order valence-corrected chi connectivity index (χ4v) is 4.66. The number of anilines is 1. The first-order valence-electron chi connectivity index (χ1n) is 11.4. The van der Waals surface area contributed by atoms with Gasteiger partial charge < -0.3 is 10.3 Å². The zero-order valence-electron chi connectivity index (χ0n) is 18.5. The molecule has 0 saturated carbocycles. The monoisotopic (exact) mass is 457 g/mol. The Morgan fingerprint density at radius 2 is 1.80 bits per heavy atom. The number of amides is 1. The van der Waals surface area contributed by atoms with Crippen LogP contribution in [0.2, 0.25) is 0 Å². The third-order valence-electron chi connectivity index (χ3n) is 6.38. The van der Waals surface area contributed by atoms with E-state index in [9.17, 15) is 4.79 Å². The van der Waals surface area contributed by atoms with Crippen LogP contribution in [0.15, 0.2) is 73.2 Å². The van der Waals surface area contributed by atoms with Crippen LogP contribution in [0.1, 0.15) is 12.0 Å². The summed E-state index contributed by atoms with van der Waals surface area (Å²) in [6.07, 6.45) is 6.13. The number of nitrogens with zero attached hydrogens (tertiary/aromatic N) is 4. The Labute approximate surface area is 199 Å². The number of fused-ring (bicyclic) bond motifs is 9. The van der Waals surface area contributed by atoms with Crippen LogP contribution in [0.3, 0.4) is 0 Å². The zero-order chi connectivity index (χ0) is 23.4. The number of carbonyl (C=O) groups excluding carboxylic acids is 1. The Hall–Kier alpha value is -4.85. The van der Waals surface area contributed by atoms with Crippen LogP contribution in [0.5, 0.6) is 0 Å². The molecule has 0 saturated heterocycles. The third kappa shape index (κ3) is 3.34. The van der Waals surface area contributed by atoms with Gasteiger partial charge in [0.05, 0.1) is 40.3 Å². The molecule has 35 heavy (non-hydrogen) atoms. The number of para-hydroxylation sites is 1. The molecule has 8 nitrogen and oxygen atoms in total. The summed E-state index contributed by atoms with van der Waals surface area (Å²) >= 11 is 0. The summed E-state index contributed by atoms with van der Waals surface area (Å²) in [5.41, 5.74) is 8.69. The molecular formula is C27H19N7O. The van der Waals surface area contributed by atoms with Crippen LogP contribution < -0.4 is 5.32 Å². The van der Waals surface area contributed by atoms with E-state index in [2.05, 4.69) is 48.7 Å². The van der Waals surface area contributed by atoms with Crippen molar-refractivity contribution < 1.29 is 4.79 Å².